The minimum absolute atomic E-state index is 0.196. The first-order valence-corrected chi connectivity index (χ1v) is 14.0. The van der Waals surface area contributed by atoms with Gasteiger partial charge in [-0.25, -0.2) is 0 Å². The summed E-state index contributed by atoms with van der Waals surface area (Å²) in [5.41, 5.74) is 4.35. The molecule has 0 saturated heterocycles. The molecule has 7 atom stereocenters. The Kier molecular flexibility index (Phi) is 7.15. The molecule has 0 radical (unpaired) electrons. The molecule has 194 valence electrons. The fourth-order valence-electron chi connectivity index (χ4n) is 7.70. The maximum absolute atomic E-state index is 11.1. The van der Waals surface area contributed by atoms with Gasteiger partial charge in [-0.15, -0.1) is 0 Å². The average molecular weight is 490 g/mol. The topological polar surface area (TPSA) is 73.6 Å². The molecule has 1 aromatic rings. The third-order valence-electron chi connectivity index (χ3n) is 10.1. The van der Waals surface area contributed by atoms with Crippen molar-refractivity contribution in [1.29, 1.82) is 0 Å². The molecule has 0 bridgehead atoms. The molecule has 4 saturated carbocycles. The molecular weight excluding hydrogens is 446 g/mol. The molecule has 4 heteroatoms. The predicted molar refractivity (Wildman–Crippen MR) is 144 cm³/mol. The number of nitrogens with zero attached hydrogens (tertiary/aromatic N) is 1. The van der Waals surface area contributed by atoms with Gasteiger partial charge in [0.25, 0.3) is 0 Å². The molecule has 5 rings (SSSR count). The molecule has 4 fully saturated rings. The Hall–Kier alpha value is -2.01. The van der Waals surface area contributed by atoms with E-state index in [-0.39, 0.29) is 10.8 Å². The molecule has 0 aliphatic heterocycles. The lowest BCUT2D eigenvalue weighted by atomic mass is 9.61. The van der Waals surface area contributed by atoms with Gasteiger partial charge in [0.05, 0.1) is 18.3 Å². The van der Waals surface area contributed by atoms with E-state index in [0.29, 0.717) is 30.6 Å². The molecule has 36 heavy (non-hydrogen) atoms. The summed E-state index contributed by atoms with van der Waals surface area (Å²) in [5, 5.41) is 31.4. The summed E-state index contributed by atoms with van der Waals surface area (Å²) in [6.45, 7) is 8.89. The van der Waals surface area contributed by atoms with E-state index in [0.717, 1.165) is 36.1 Å². The van der Waals surface area contributed by atoms with E-state index in [1.165, 1.54) is 31.3 Å². The minimum Gasteiger partial charge on any atom is -0.393 e. The summed E-state index contributed by atoms with van der Waals surface area (Å²) in [6.07, 6.45) is 17.9. The number of hydrogen-bond acceptors (Lipinski definition) is 4. The number of aromatic nitrogens is 1. The largest absolute Gasteiger partial charge is 0.393 e. The number of pyridine rings is 1. The second-order valence-electron chi connectivity index (χ2n) is 12.2. The van der Waals surface area contributed by atoms with Crippen LogP contribution < -0.4 is 0 Å². The summed E-state index contributed by atoms with van der Waals surface area (Å²) < 4.78 is 0. The molecule has 4 aliphatic rings. The molecule has 1 aromatic heterocycles. The van der Waals surface area contributed by atoms with Crippen molar-refractivity contribution in [3.8, 4) is 0 Å². The number of fused-ring (bicyclic) bond motifs is 1. The molecule has 3 N–H and O–H groups in total. The molecule has 4 nitrogen and oxygen atoms in total. The van der Waals surface area contributed by atoms with Crippen molar-refractivity contribution in [3.63, 3.8) is 0 Å². The monoisotopic (exact) mass is 489 g/mol. The molecule has 4 aliphatic carbocycles. The Morgan fingerprint density at radius 1 is 1.11 bits per heavy atom. The highest BCUT2D eigenvalue weighted by molar-refractivity contribution is 5.39. The standard InChI is InChI=1S/C32H43NO3/c1-21(9-14-30(36)32(16-17-32)29-8-4-5-18-33-29)26-12-13-27-23(7-6-15-31(26,27)3)10-11-24-19-25(34)20-28(35)22(24)2/h4-5,8-11,14,18,21,25-28,30,34-36H,2,6-7,12-13,15-17,19-20H2,1,3H3/b14-9+,23-10+,24-11-/t21-,25-,26-,27+,28+,30+,31-/m1/s1. The van der Waals surface area contributed by atoms with Crippen molar-refractivity contribution in [3.05, 3.63) is 77.7 Å². The molecule has 0 unspecified atom stereocenters. The average Bonchev–Trinajstić information content (AvgIpc) is 3.60. The molecule has 1 heterocycles. The lowest BCUT2D eigenvalue weighted by molar-refractivity contribution is 0.0862. The molecule has 0 spiro atoms. The SMILES string of the molecule is C=C1/C(=C\C=C2/CCC[C@]3(C)[C@@H]([C@H](C)/C=C/[C@H](O)C4(c5ccccn5)CC4)CC[C@@H]23)C[C@@H](O)C[C@@H]1O. The number of aliphatic hydroxyl groups is 3. The minimum atomic E-state index is -0.638. The number of aliphatic hydroxyl groups excluding tert-OH is 3. The summed E-state index contributed by atoms with van der Waals surface area (Å²) in [4.78, 5) is 4.54. The second kappa shape index (κ2) is 10.0. The van der Waals surface area contributed by atoms with E-state index in [1.807, 2.05) is 24.4 Å². The van der Waals surface area contributed by atoms with Gasteiger partial charge in [0.2, 0.25) is 0 Å². The quantitative estimate of drug-likeness (QED) is 0.441. The van der Waals surface area contributed by atoms with Gasteiger partial charge >= 0.3 is 0 Å². The van der Waals surface area contributed by atoms with Gasteiger partial charge in [-0.2, -0.15) is 0 Å². The maximum atomic E-state index is 11.1. The van der Waals surface area contributed by atoms with Crippen molar-refractivity contribution in [2.75, 3.05) is 0 Å². The molecular formula is C32H43NO3. The summed E-state index contributed by atoms with van der Waals surface area (Å²) in [7, 11) is 0. The van der Waals surface area contributed by atoms with Gasteiger partial charge in [-0.3, -0.25) is 4.98 Å². The normalized spacial score (nSPS) is 37.9. The van der Waals surface area contributed by atoms with E-state index < -0.39 is 18.3 Å². The Bertz CT molecular complexity index is 1050. The van der Waals surface area contributed by atoms with Crippen LogP contribution in [0.4, 0.5) is 0 Å². The number of rotatable bonds is 6. The van der Waals surface area contributed by atoms with Gasteiger partial charge in [-0.1, -0.05) is 56.4 Å². The lowest BCUT2D eigenvalue weighted by Gasteiger charge is -2.44. The lowest BCUT2D eigenvalue weighted by Crippen LogP contribution is -2.35. The van der Waals surface area contributed by atoms with Crippen molar-refractivity contribution < 1.29 is 15.3 Å². The van der Waals surface area contributed by atoms with E-state index in [2.05, 4.69) is 49.7 Å². The van der Waals surface area contributed by atoms with E-state index in [1.54, 1.807) is 0 Å². The molecule has 0 aromatic carbocycles. The third kappa shape index (κ3) is 4.68. The highest BCUT2D eigenvalue weighted by Crippen LogP contribution is 2.59. The summed E-state index contributed by atoms with van der Waals surface area (Å²) >= 11 is 0. The van der Waals surface area contributed by atoms with E-state index >= 15 is 0 Å². The van der Waals surface area contributed by atoms with Gasteiger partial charge in [0.15, 0.2) is 0 Å². The van der Waals surface area contributed by atoms with Crippen LogP contribution in [0.1, 0.15) is 77.3 Å². The van der Waals surface area contributed by atoms with Gasteiger partial charge in [0, 0.05) is 23.7 Å². The zero-order chi connectivity index (χ0) is 25.5. The first-order chi connectivity index (χ1) is 17.2. The van der Waals surface area contributed by atoms with Gasteiger partial charge in [-0.05, 0) is 97.8 Å². The fourth-order valence-corrected chi connectivity index (χ4v) is 7.70. The smallest absolute Gasteiger partial charge is 0.0832 e. The Morgan fingerprint density at radius 2 is 1.92 bits per heavy atom. The summed E-state index contributed by atoms with van der Waals surface area (Å²) in [5.74, 6) is 1.58. The maximum Gasteiger partial charge on any atom is 0.0832 e. The van der Waals surface area contributed by atoms with Gasteiger partial charge in [0.1, 0.15) is 0 Å². The number of allylic oxidation sites excluding steroid dienone is 4. The van der Waals surface area contributed by atoms with Crippen LogP contribution in [0.5, 0.6) is 0 Å². The van der Waals surface area contributed by atoms with Gasteiger partial charge < -0.3 is 15.3 Å². The van der Waals surface area contributed by atoms with Crippen LogP contribution in [0.15, 0.2) is 72.0 Å². The van der Waals surface area contributed by atoms with Crippen LogP contribution in [0.2, 0.25) is 0 Å². The summed E-state index contributed by atoms with van der Waals surface area (Å²) in [6, 6.07) is 5.99. The Balaban J connectivity index is 1.29. The van der Waals surface area contributed by atoms with Crippen LogP contribution >= 0.6 is 0 Å². The Morgan fingerprint density at radius 3 is 2.64 bits per heavy atom. The van der Waals surface area contributed by atoms with Crippen LogP contribution in [-0.2, 0) is 5.41 Å². The highest BCUT2D eigenvalue weighted by atomic mass is 16.3. The van der Waals surface area contributed by atoms with Crippen LogP contribution in [0, 0.1) is 23.2 Å². The molecule has 0 amide bonds. The van der Waals surface area contributed by atoms with Crippen LogP contribution in [-0.4, -0.2) is 38.6 Å². The first kappa shape index (κ1) is 25.6. The van der Waals surface area contributed by atoms with Crippen molar-refractivity contribution in [1.82, 2.24) is 4.98 Å². The first-order valence-electron chi connectivity index (χ1n) is 14.0. The zero-order valence-electron chi connectivity index (χ0n) is 21.9. The van der Waals surface area contributed by atoms with Crippen molar-refractivity contribution in [2.45, 2.75) is 95.4 Å². The zero-order valence-corrected chi connectivity index (χ0v) is 21.9. The van der Waals surface area contributed by atoms with Crippen molar-refractivity contribution >= 4 is 0 Å². The highest BCUT2D eigenvalue weighted by Gasteiger charge is 2.52. The Labute approximate surface area is 216 Å². The predicted octanol–water partition coefficient (Wildman–Crippen LogP) is 5.81. The van der Waals surface area contributed by atoms with Crippen LogP contribution in [0.3, 0.4) is 0 Å². The third-order valence-corrected chi connectivity index (χ3v) is 10.1. The second-order valence-corrected chi connectivity index (χ2v) is 12.2. The number of hydrogen-bond donors (Lipinski definition) is 3. The fraction of sp³-hybridized carbons (Fsp3) is 0.594. The van der Waals surface area contributed by atoms with Crippen molar-refractivity contribution in [2.24, 2.45) is 23.2 Å². The van der Waals surface area contributed by atoms with E-state index in [4.69, 9.17) is 0 Å². The van der Waals surface area contributed by atoms with Crippen LogP contribution in [0.25, 0.3) is 0 Å². The van der Waals surface area contributed by atoms with E-state index in [9.17, 15) is 15.3 Å².